The molecule has 0 saturated carbocycles. The van der Waals surface area contributed by atoms with E-state index in [1.807, 2.05) is 0 Å². The quantitative estimate of drug-likeness (QED) is 0.118. The molecule has 194 valence electrons. The van der Waals surface area contributed by atoms with E-state index in [9.17, 15) is 0 Å². The van der Waals surface area contributed by atoms with Crippen molar-refractivity contribution in [1.29, 1.82) is 0 Å². The fourth-order valence-corrected chi connectivity index (χ4v) is 5.10. The van der Waals surface area contributed by atoms with Crippen LogP contribution in [0, 0.1) is 5.92 Å². The molecule has 0 saturated heterocycles. The summed E-state index contributed by atoms with van der Waals surface area (Å²) in [6.45, 7) is 5.52. The average molecular weight is 452 g/mol. The van der Waals surface area contributed by atoms with Gasteiger partial charge in [0.05, 0.1) is 0 Å². The summed E-state index contributed by atoms with van der Waals surface area (Å²) in [7, 11) is 0. The predicted molar refractivity (Wildman–Crippen MR) is 149 cm³/mol. The van der Waals surface area contributed by atoms with Crippen LogP contribution in [0.5, 0.6) is 0 Å². The van der Waals surface area contributed by atoms with E-state index in [1.165, 1.54) is 173 Å². The normalized spacial score (nSPS) is 12.5. The van der Waals surface area contributed by atoms with Crippen molar-refractivity contribution in [3.63, 3.8) is 0 Å². The van der Waals surface area contributed by atoms with Crippen LogP contribution in [0.2, 0.25) is 0 Å². The number of hydrogen-bond acceptors (Lipinski definition) is 1. The van der Waals surface area contributed by atoms with Crippen molar-refractivity contribution >= 4 is 0 Å². The number of unbranched alkanes of at least 4 members (excludes halogenated alkanes) is 23. The lowest BCUT2D eigenvalue weighted by Gasteiger charge is -2.14. The minimum atomic E-state index is 0.797. The highest BCUT2D eigenvalue weighted by Crippen LogP contribution is 2.19. The van der Waals surface area contributed by atoms with Gasteiger partial charge in [0.1, 0.15) is 0 Å². The highest BCUT2D eigenvalue weighted by atomic mass is 14.5. The van der Waals surface area contributed by atoms with E-state index in [0.29, 0.717) is 0 Å². The Bertz CT molecular complexity index is 314. The molecule has 0 aromatic carbocycles. The van der Waals surface area contributed by atoms with Crippen LogP contribution >= 0.6 is 0 Å². The Kier molecular flexibility index (Phi) is 29.0. The van der Waals surface area contributed by atoms with Gasteiger partial charge in [-0.1, -0.05) is 174 Å². The van der Waals surface area contributed by atoms with Crippen molar-refractivity contribution in [3.8, 4) is 0 Å². The van der Waals surface area contributed by atoms with Crippen LogP contribution in [0.15, 0.2) is 0 Å². The van der Waals surface area contributed by atoms with Crippen molar-refractivity contribution in [2.24, 2.45) is 11.7 Å². The molecule has 32 heavy (non-hydrogen) atoms. The zero-order chi connectivity index (χ0) is 23.4. The van der Waals surface area contributed by atoms with E-state index in [2.05, 4.69) is 13.8 Å². The van der Waals surface area contributed by atoms with Gasteiger partial charge in [-0.2, -0.15) is 0 Å². The van der Waals surface area contributed by atoms with Gasteiger partial charge < -0.3 is 5.73 Å². The van der Waals surface area contributed by atoms with E-state index in [1.54, 1.807) is 0 Å². The zero-order valence-corrected chi connectivity index (χ0v) is 23.0. The Labute approximate surface area is 205 Å². The third-order valence-electron chi connectivity index (χ3n) is 7.52. The summed E-state index contributed by atoms with van der Waals surface area (Å²) in [4.78, 5) is 0. The summed E-state index contributed by atoms with van der Waals surface area (Å²) < 4.78 is 0. The molecule has 1 nitrogen and oxygen atoms in total. The average Bonchev–Trinajstić information content (AvgIpc) is 2.81. The van der Waals surface area contributed by atoms with Gasteiger partial charge in [-0.3, -0.25) is 0 Å². The molecule has 0 rings (SSSR count). The molecule has 0 bridgehead atoms. The molecular weight excluding hydrogens is 386 g/mol. The monoisotopic (exact) mass is 452 g/mol. The summed E-state index contributed by atoms with van der Waals surface area (Å²) in [5.74, 6) is 0.797. The number of rotatable bonds is 28. The molecule has 1 unspecified atom stereocenters. The molecule has 1 heteroatoms. The van der Waals surface area contributed by atoms with Crippen molar-refractivity contribution < 1.29 is 0 Å². The maximum atomic E-state index is 6.06. The van der Waals surface area contributed by atoms with E-state index in [4.69, 9.17) is 5.73 Å². The summed E-state index contributed by atoms with van der Waals surface area (Å²) >= 11 is 0. The summed E-state index contributed by atoms with van der Waals surface area (Å²) in [5, 5.41) is 0. The molecule has 0 radical (unpaired) electrons. The second-order valence-electron chi connectivity index (χ2n) is 10.8. The molecule has 0 amide bonds. The lowest BCUT2D eigenvalue weighted by Crippen LogP contribution is -2.14. The van der Waals surface area contributed by atoms with E-state index >= 15 is 0 Å². The van der Waals surface area contributed by atoms with E-state index < -0.39 is 0 Å². The third kappa shape index (κ3) is 26.2. The maximum Gasteiger partial charge on any atom is -0.00489 e. The Morgan fingerprint density at radius 1 is 0.344 bits per heavy atom. The van der Waals surface area contributed by atoms with E-state index in [0.717, 1.165) is 12.5 Å². The molecule has 0 heterocycles. The molecule has 0 aromatic rings. The summed E-state index contributed by atoms with van der Waals surface area (Å²) in [6, 6.07) is 0. The van der Waals surface area contributed by atoms with Crippen molar-refractivity contribution in [3.05, 3.63) is 0 Å². The Morgan fingerprint density at radius 3 is 0.781 bits per heavy atom. The van der Waals surface area contributed by atoms with Crippen LogP contribution in [0.1, 0.15) is 187 Å². The second kappa shape index (κ2) is 29.0. The third-order valence-corrected chi connectivity index (χ3v) is 7.52. The first-order valence-corrected chi connectivity index (χ1v) is 15.5. The highest BCUT2D eigenvalue weighted by Gasteiger charge is 2.06. The van der Waals surface area contributed by atoms with Crippen LogP contribution in [0.25, 0.3) is 0 Å². The standard InChI is InChI=1S/C31H65N/c1-3-5-7-9-11-13-15-16-17-19-21-23-25-27-29-31(30-32)28-26-24-22-20-18-14-12-10-8-6-4-2/h31H,3-30,32H2,1-2H3. The predicted octanol–water partition coefficient (Wildman–Crippen LogP) is 11.1. The lowest BCUT2D eigenvalue weighted by molar-refractivity contribution is 0.409. The molecule has 0 aliphatic heterocycles. The lowest BCUT2D eigenvalue weighted by atomic mass is 9.94. The van der Waals surface area contributed by atoms with Gasteiger partial charge in [-0.05, 0) is 25.3 Å². The second-order valence-corrected chi connectivity index (χ2v) is 10.8. The Hall–Kier alpha value is -0.0400. The van der Waals surface area contributed by atoms with Crippen molar-refractivity contribution in [2.75, 3.05) is 6.54 Å². The van der Waals surface area contributed by atoms with Gasteiger partial charge in [-0.25, -0.2) is 0 Å². The van der Waals surface area contributed by atoms with Crippen LogP contribution in [0.3, 0.4) is 0 Å². The van der Waals surface area contributed by atoms with Crippen LogP contribution in [-0.4, -0.2) is 6.54 Å². The minimum Gasteiger partial charge on any atom is -0.330 e. The summed E-state index contributed by atoms with van der Waals surface area (Å²) in [6.07, 6.45) is 39.0. The number of nitrogens with two attached hydrogens (primary N) is 1. The van der Waals surface area contributed by atoms with Gasteiger partial charge in [0, 0.05) is 0 Å². The van der Waals surface area contributed by atoms with Crippen molar-refractivity contribution in [1.82, 2.24) is 0 Å². The van der Waals surface area contributed by atoms with Gasteiger partial charge in [0.15, 0.2) is 0 Å². The van der Waals surface area contributed by atoms with Gasteiger partial charge in [0.25, 0.3) is 0 Å². The van der Waals surface area contributed by atoms with Gasteiger partial charge in [0.2, 0.25) is 0 Å². The van der Waals surface area contributed by atoms with Gasteiger partial charge in [-0.15, -0.1) is 0 Å². The molecule has 2 N–H and O–H groups in total. The molecule has 0 aliphatic carbocycles. The van der Waals surface area contributed by atoms with Crippen molar-refractivity contribution in [2.45, 2.75) is 187 Å². The van der Waals surface area contributed by atoms with Crippen LogP contribution in [0.4, 0.5) is 0 Å². The topological polar surface area (TPSA) is 26.0 Å². The molecular formula is C31H65N. The maximum absolute atomic E-state index is 6.06. The molecule has 1 atom stereocenters. The Morgan fingerprint density at radius 2 is 0.562 bits per heavy atom. The first-order chi connectivity index (χ1) is 15.8. The first kappa shape index (κ1) is 32.0. The van der Waals surface area contributed by atoms with Crippen LogP contribution in [-0.2, 0) is 0 Å². The zero-order valence-electron chi connectivity index (χ0n) is 23.0. The smallest absolute Gasteiger partial charge is 0.00489 e. The highest BCUT2D eigenvalue weighted by molar-refractivity contribution is 4.61. The summed E-state index contributed by atoms with van der Waals surface area (Å²) in [5.41, 5.74) is 6.06. The SMILES string of the molecule is CCCCCCCCCCCCCCCCC(CN)CCCCCCCCCCCCC. The fourth-order valence-electron chi connectivity index (χ4n) is 5.10. The Balaban J connectivity index is 3.26. The van der Waals surface area contributed by atoms with E-state index in [-0.39, 0.29) is 0 Å². The molecule has 0 aromatic heterocycles. The molecule has 0 aliphatic rings. The largest absolute Gasteiger partial charge is 0.330 e. The van der Waals surface area contributed by atoms with Crippen LogP contribution < -0.4 is 5.73 Å². The minimum absolute atomic E-state index is 0.797. The molecule has 0 spiro atoms. The molecule has 0 fully saturated rings. The van der Waals surface area contributed by atoms with Gasteiger partial charge >= 0.3 is 0 Å². The first-order valence-electron chi connectivity index (χ1n) is 15.5. The number of hydrogen-bond donors (Lipinski definition) is 1. The fraction of sp³-hybridized carbons (Fsp3) is 1.00.